The summed E-state index contributed by atoms with van der Waals surface area (Å²) in [5.41, 5.74) is 1.66. The molecule has 1 heterocycles. The van der Waals surface area contributed by atoms with E-state index in [0.29, 0.717) is 38.6 Å². The van der Waals surface area contributed by atoms with Crippen LogP contribution in [-0.4, -0.2) is 22.2 Å². The van der Waals surface area contributed by atoms with Crippen LogP contribution in [0, 0.1) is 18.3 Å². The summed E-state index contributed by atoms with van der Waals surface area (Å²) in [6.07, 6.45) is 3.26. The standard InChI is InChI=1S/C21H26ClN3O2S/c1-12-9-14(11-21(3,4)10-12)23-20(28)24-19(26)17-13(2)27-25-18(17)15-7-5-6-8-16(15)22/h5-8,12,14H,9-11H2,1-4H3,(H2,23,24,26,28)/t12-,14+/m0/s1. The molecule has 1 aliphatic rings. The van der Waals surface area contributed by atoms with Gasteiger partial charge < -0.3 is 9.84 Å². The lowest BCUT2D eigenvalue weighted by Crippen LogP contribution is -2.48. The van der Waals surface area contributed by atoms with Gasteiger partial charge in [-0.25, -0.2) is 0 Å². The Balaban J connectivity index is 1.73. The molecule has 2 atom stereocenters. The van der Waals surface area contributed by atoms with Crippen molar-refractivity contribution < 1.29 is 9.32 Å². The number of hydrogen-bond acceptors (Lipinski definition) is 4. The number of hydrogen-bond donors (Lipinski definition) is 2. The average molecular weight is 420 g/mol. The van der Waals surface area contributed by atoms with Gasteiger partial charge in [-0.1, -0.05) is 55.7 Å². The molecule has 2 N–H and O–H groups in total. The van der Waals surface area contributed by atoms with Crippen LogP contribution in [0.3, 0.4) is 0 Å². The summed E-state index contributed by atoms with van der Waals surface area (Å²) in [5, 5.41) is 11.0. The van der Waals surface area contributed by atoms with Gasteiger partial charge in [0, 0.05) is 11.6 Å². The van der Waals surface area contributed by atoms with E-state index in [9.17, 15) is 4.79 Å². The summed E-state index contributed by atoms with van der Waals surface area (Å²) in [7, 11) is 0. The highest BCUT2D eigenvalue weighted by atomic mass is 35.5. The Morgan fingerprint density at radius 2 is 2.04 bits per heavy atom. The highest BCUT2D eigenvalue weighted by Crippen LogP contribution is 2.38. The number of amides is 1. The number of benzene rings is 1. The van der Waals surface area contributed by atoms with Crippen LogP contribution >= 0.6 is 23.8 Å². The van der Waals surface area contributed by atoms with Crippen molar-refractivity contribution in [2.45, 2.75) is 53.0 Å². The minimum atomic E-state index is -0.353. The molecule has 5 nitrogen and oxygen atoms in total. The van der Waals surface area contributed by atoms with E-state index in [0.717, 1.165) is 12.8 Å². The van der Waals surface area contributed by atoms with Crippen LogP contribution in [-0.2, 0) is 0 Å². The number of nitrogens with one attached hydrogen (secondary N) is 2. The Morgan fingerprint density at radius 1 is 1.32 bits per heavy atom. The second-order valence-electron chi connectivity index (χ2n) is 8.48. The molecule has 28 heavy (non-hydrogen) atoms. The van der Waals surface area contributed by atoms with Crippen molar-refractivity contribution in [1.29, 1.82) is 0 Å². The Labute approximate surface area is 176 Å². The predicted molar refractivity (Wildman–Crippen MR) is 115 cm³/mol. The van der Waals surface area contributed by atoms with Gasteiger partial charge >= 0.3 is 0 Å². The first-order chi connectivity index (χ1) is 13.2. The molecule has 1 fully saturated rings. The van der Waals surface area contributed by atoms with Gasteiger partial charge in [-0.3, -0.25) is 10.1 Å². The summed E-state index contributed by atoms with van der Waals surface area (Å²) < 4.78 is 5.27. The lowest BCUT2D eigenvalue weighted by Gasteiger charge is -2.39. The molecule has 1 aromatic carbocycles. The third-order valence-corrected chi connectivity index (χ3v) is 5.72. The molecule has 0 radical (unpaired) electrons. The van der Waals surface area contributed by atoms with Crippen molar-refractivity contribution >= 4 is 34.8 Å². The van der Waals surface area contributed by atoms with Crippen molar-refractivity contribution in [3.8, 4) is 11.3 Å². The molecule has 150 valence electrons. The fourth-order valence-electron chi connectivity index (χ4n) is 4.32. The minimum absolute atomic E-state index is 0.248. The van der Waals surface area contributed by atoms with Crippen LogP contribution < -0.4 is 10.6 Å². The summed E-state index contributed by atoms with van der Waals surface area (Å²) in [6.45, 7) is 8.50. The lowest BCUT2D eigenvalue weighted by atomic mass is 9.71. The van der Waals surface area contributed by atoms with Crippen LogP contribution in [0.4, 0.5) is 0 Å². The fraction of sp³-hybridized carbons (Fsp3) is 0.476. The summed E-state index contributed by atoms with van der Waals surface area (Å²) >= 11 is 11.7. The Bertz CT molecular complexity index is 894. The Morgan fingerprint density at radius 3 is 2.71 bits per heavy atom. The maximum absolute atomic E-state index is 12.9. The highest BCUT2D eigenvalue weighted by molar-refractivity contribution is 7.80. The molecule has 1 amide bonds. The van der Waals surface area contributed by atoms with Crippen LogP contribution in [0.2, 0.25) is 5.02 Å². The molecule has 2 aromatic rings. The van der Waals surface area contributed by atoms with Gasteiger partial charge in [0.2, 0.25) is 0 Å². The number of rotatable bonds is 3. The minimum Gasteiger partial charge on any atom is -0.360 e. The highest BCUT2D eigenvalue weighted by Gasteiger charge is 2.32. The number of nitrogens with zero attached hydrogens (tertiary/aromatic N) is 1. The molecule has 1 aliphatic carbocycles. The summed E-state index contributed by atoms with van der Waals surface area (Å²) in [4.78, 5) is 12.9. The third-order valence-electron chi connectivity index (χ3n) is 5.17. The van der Waals surface area contributed by atoms with Crippen molar-refractivity contribution in [3.63, 3.8) is 0 Å². The zero-order valence-electron chi connectivity index (χ0n) is 16.6. The molecule has 0 saturated heterocycles. The predicted octanol–water partition coefficient (Wildman–Crippen LogP) is 5.12. The molecular weight excluding hydrogens is 394 g/mol. The smallest absolute Gasteiger partial charge is 0.263 e. The van der Waals surface area contributed by atoms with Gasteiger partial charge in [-0.2, -0.15) is 0 Å². The zero-order chi connectivity index (χ0) is 20.5. The maximum atomic E-state index is 12.9. The molecule has 0 bridgehead atoms. The van der Waals surface area contributed by atoms with E-state index in [1.807, 2.05) is 12.1 Å². The van der Waals surface area contributed by atoms with Gasteiger partial charge in [0.05, 0.1) is 5.02 Å². The summed E-state index contributed by atoms with van der Waals surface area (Å²) in [5.74, 6) is 0.684. The van der Waals surface area contributed by atoms with E-state index in [4.69, 9.17) is 28.3 Å². The number of thiocarbonyl (C=S) groups is 1. The molecule has 1 aromatic heterocycles. The van der Waals surface area contributed by atoms with Crippen LogP contribution in [0.1, 0.15) is 56.2 Å². The lowest BCUT2D eigenvalue weighted by molar-refractivity contribution is 0.0974. The van der Waals surface area contributed by atoms with Crippen molar-refractivity contribution in [2.24, 2.45) is 11.3 Å². The number of carbonyl (C=O) groups is 1. The number of aromatic nitrogens is 1. The molecule has 0 unspecified atom stereocenters. The van der Waals surface area contributed by atoms with Gasteiger partial charge in [0.15, 0.2) is 5.11 Å². The van der Waals surface area contributed by atoms with Gasteiger partial charge in [0.25, 0.3) is 5.91 Å². The van der Waals surface area contributed by atoms with Crippen molar-refractivity contribution in [3.05, 3.63) is 40.6 Å². The van der Waals surface area contributed by atoms with E-state index in [-0.39, 0.29) is 17.4 Å². The largest absolute Gasteiger partial charge is 0.360 e. The SMILES string of the molecule is Cc1onc(-c2ccccc2Cl)c1C(=O)NC(=S)N[C@@H]1C[C@H](C)CC(C)(C)C1. The van der Waals surface area contributed by atoms with Crippen LogP contribution in [0.5, 0.6) is 0 Å². The number of carbonyl (C=O) groups excluding carboxylic acids is 1. The van der Waals surface area contributed by atoms with Gasteiger partial charge in [-0.05, 0) is 55.8 Å². The second kappa shape index (κ2) is 8.21. The number of aryl methyl sites for hydroxylation is 1. The van der Waals surface area contributed by atoms with Gasteiger partial charge in [0.1, 0.15) is 17.0 Å². The molecule has 7 heteroatoms. The van der Waals surface area contributed by atoms with E-state index >= 15 is 0 Å². The molecule has 3 rings (SSSR count). The molecule has 1 saturated carbocycles. The molecule has 0 spiro atoms. The van der Waals surface area contributed by atoms with E-state index in [2.05, 4.69) is 36.6 Å². The Kier molecular flexibility index (Phi) is 6.10. The average Bonchev–Trinajstić information content (AvgIpc) is 2.94. The maximum Gasteiger partial charge on any atom is 0.263 e. The molecular formula is C21H26ClN3O2S. The Hall–Kier alpha value is -1.92. The first-order valence-electron chi connectivity index (χ1n) is 9.49. The quantitative estimate of drug-likeness (QED) is 0.675. The normalized spacial score (nSPS) is 21.2. The second-order valence-corrected chi connectivity index (χ2v) is 9.30. The first-order valence-corrected chi connectivity index (χ1v) is 10.3. The topological polar surface area (TPSA) is 67.2 Å². The van der Waals surface area contributed by atoms with Gasteiger partial charge in [-0.15, -0.1) is 0 Å². The molecule has 0 aliphatic heterocycles. The van der Waals surface area contributed by atoms with E-state index in [1.54, 1.807) is 19.1 Å². The third kappa shape index (κ3) is 4.73. The van der Waals surface area contributed by atoms with E-state index in [1.165, 1.54) is 6.42 Å². The monoisotopic (exact) mass is 419 g/mol. The number of halogens is 1. The summed E-state index contributed by atoms with van der Waals surface area (Å²) in [6, 6.07) is 7.47. The van der Waals surface area contributed by atoms with Crippen LogP contribution in [0.15, 0.2) is 28.8 Å². The van der Waals surface area contributed by atoms with E-state index < -0.39 is 0 Å². The fourth-order valence-corrected chi connectivity index (χ4v) is 4.80. The first kappa shape index (κ1) is 20.8. The zero-order valence-corrected chi connectivity index (χ0v) is 18.2. The van der Waals surface area contributed by atoms with Crippen molar-refractivity contribution in [2.75, 3.05) is 0 Å². The van der Waals surface area contributed by atoms with Crippen LogP contribution in [0.25, 0.3) is 11.3 Å². The van der Waals surface area contributed by atoms with Crippen molar-refractivity contribution in [1.82, 2.24) is 15.8 Å².